The third kappa shape index (κ3) is 10.0. The Hall–Kier alpha value is -2.46. The number of ketones is 1. The van der Waals surface area contributed by atoms with Gasteiger partial charge in [0.2, 0.25) is 5.99 Å². The van der Waals surface area contributed by atoms with Crippen molar-refractivity contribution in [3.63, 3.8) is 0 Å². The molecular weight excluding hydrogens is 578 g/mol. The maximum absolute atomic E-state index is 14.2. The lowest BCUT2D eigenvalue weighted by atomic mass is 9.77. The molecule has 3 N–H and O–H groups in total. The van der Waals surface area contributed by atoms with Gasteiger partial charge in [0.1, 0.15) is 24.0 Å². The van der Waals surface area contributed by atoms with Gasteiger partial charge in [0, 0.05) is 35.7 Å². The van der Waals surface area contributed by atoms with E-state index in [1.165, 1.54) is 12.1 Å². The number of aliphatic hydroxyl groups is 1. The van der Waals surface area contributed by atoms with Crippen LogP contribution in [-0.2, 0) is 4.79 Å². The van der Waals surface area contributed by atoms with Gasteiger partial charge in [-0.15, -0.1) is 19.9 Å². The van der Waals surface area contributed by atoms with Crippen LogP contribution < -0.4 is 9.88 Å². The molecule has 0 heterocycles. The van der Waals surface area contributed by atoms with Crippen molar-refractivity contribution in [1.29, 1.82) is 0 Å². The van der Waals surface area contributed by atoms with Gasteiger partial charge in [-0.05, 0) is 99.1 Å². The number of nitrogens with zero attached hydrogens (tertiary/aromatic N) is 1. The molecule has 0 saturated heterocycles. The van der Waals surface area contributed by atoms with E-state index in [-0.39, 0.29) is 18.3 Å². The van der Waals surface area contributed by atoms with Gasteiger partial charge in [0.05, 0.1) is 0 Å². The first-order chi connectivity index (χ1) is 20.2. The zero-order valence-electron chi connectivity index (χ0n) is 27.6. The molecule has 0 spiro atoms. The third-order valence-corrected chi connectivity index (χ3v) is 12.2. The first-order valence-electron chi connectivity index (χ1n) is 15.0. The highest BCUT2D eigenvalue weighted by molar-refractivity contribution is 9.00. The lowest BCUT2D eigenvalue weighted by Gasteiger charge is -2.33. The first-order valence-corrected chi connectivity index (χ1v) is 18.5. The van der Waals surface area contributed by atoms with Crippen LogP contribution in [0.5, 0.6) is 11.5 Å². The number of rotatable bonds is 15. The van der Waals surface area contributed by atoms with E-state index in [1.54, 1.807) is 22.6 Å². The highest BCUT2D eigenvalue weighted by atomic mass is 33.2. The van der Waals surface area contributed by atoms with Crippen LogP contribution >= 0.6 is 19.9 Å². The highest BCUT2D eigenvalue weighted by Crippen LogP contribution is 2.59. The molecular formula is C34H50BFN2O3S2. The highest BCUT2D eigenvalue weighted by Gasteiger charge is 2.25. The second kappa shape index (κ2) is 16.6. The van der Waals surface area contributed by atoms with Gasteiger partial charge in [-0.1, -0.05) is 45.9 Å². The monoisotopic (exact) mass is 628 g/mol. The van der Waals surface area contributed by atoms with Crippen molar-refractivity contribution in [2.24, 2.45) is 5.14 Å². The second-order valence-corrected chi connectivity index (χ2v) is 17.3. The number of aliphatic hydroxyl groups excluding tert-OH is 1. The largest absolute Gasteiger partial charge is 0.456 e. The van der Waals surface area contributed by atoms with E-state index in [0.29, 0.717) is 41.5 Å². The molecule has 2 rings (SSSR count). The van der Waals surface area contributed by atoms with Crippen LogP contribution in [0.1, 0.15) is 70.6 Å². The minimum Gasteiger partial charge on any atom is -0.456 e. The van der Waals surface area contributed by atoms with Crippen molar-refractivity contribution >= 4 is 37.2 Å². The zero-order chi connectivity index (χ0) is 32.5. The molecule has 1 unspecified atom stereocenters. The van der Waals surface area contributed by atoms with Crippen molar-refractivity contribution in [2.45, 2.75) is 85.8 Å². The van der Waals surface area contributed by atoms with Gasteiger partial charge < -0.3 is 14.7 Å². The van der Waals surface area contributed by atoms with Crippen molar-refractivity contribution in [3.05, 3.63) is 81.8 Å². The number of halogens is 1. The Morgan fingerprint density at radius 3 is 2.30 bits per heavy atom. The van der Waals surface area contributed by atoms with Crippen LogP contribution in [0.2, 0.25) is 13.1 Å². The number of benzene rings is 2. The van der Waals surface area contributed by atoms with E-state index in [1.807, 2.05) is 59.0 Å². The Morgan fingerprint density at radius 1 is 1.16 bits per heavy atom. The van der Waals surface area contributed by atoms with Crippen molar-refractivity contribution in [1.82, 2.24) is 4.90 Å². The summed E-state index contributed by atoms with van der Waals surface area (Å²) in [5.74, 6) is 1.35. The summed E-state index contributed by atoms with van der Waals surface area (Å²) >= 11 is 0. The Bertz CT molecular complexity index is 1360. The van der Waals surface area contributed by atoms with E-state index in [0.717, 1.165) is 45.5 Å². The number of hydrogen-bond acceptors (Lipinski definition) is 6. The van der Waals surface area contributed by atoms with E-state index >= 15 is 0 Å². The molecule has 2 aromatic carbocycles. The topological polar surface area (TPSA) is 75.8 Å². The summed E-state index contributed by atoms with van der Waals surface area (Å²) in [6, 6.07) is 8.98. The lowest BCUT2D eigenvalue weighted by Crippen LogP contribution is -2.14. The molecule has 2 aromatic rings. The predicted molar refractivity (Wildman–Crippen MR) is 188 cm³/mol. The van der Waals surface area contributed by atoms with Crippen LogP contribution in [-0.4, -0.2) is 41.8 Å². The zero-order valence-corrected chi connectivity index (χ0v) is 29.3. The number of hydrogen-bond donors (Lipinski definition) is 2. The standard InChI is InChI=1S/C34H50BFN2O3S2/c1-11-14-26(32(40)12-2)19-29(23(4)5)31(21-38(9)22-39)30-20-28(43(10,37)42-35(8)13-3)15-16-33(30)41-34-24(6)17-27(36)18-25(34)7/h15-21,39H,11-14,22,37H2,1-10H3/b26-19+,31-21+. The Kier molecular flexibility index (Phi) is 14.2. The van der Waals surface area contributed by atoms with Crippen LogP contribution in [0, 0.1) is 19.7 Å². The number of ether oxygens (including phenoxy) is 1. The lowest BCUT2D eigenvalue weighted by molar-refractivity contribution is -0.115. The summed E-state index contributed by atoms with van der Waals surface area (Å²) < 4.78 is 20.8. The van der Waals surface area contributed by atoms with Gasteiger partial charge in [-0.3, -0.25) is 9.93 Å². The summed E-state index contributed by atoms with van der Waals surface area (Å²) in [7, 11) is 1.85. The minimum absolute atomic E-state index is 0.113. The van der Waals surface area contributed by atoms with E-state index in [9.17, 15) is 14.3 Å². The van der Waals surface area contributed by atoms with E-state index in [4.69, 9.17) is 9.88 Å². The minimum atomic E-state index is -1.73. The number of allylic oxidation sites excluding steroid dienone is 5. The van der Waals surface area contributed by atoms with E-state index in [2.05, 4.69) is 33.0 Å². The van der Waals surface area contributed by atoms with Crippen LogP contribution in [0.4, 0.5) is 4.39 Å². The Morgan fingerprint density at radius 2 is 1.79 bits per heavy atom. The molecule has 236 valence electrons. The summed E-state index contributed by atoms with van der Waals surface area (Å²) in [5, 5.41) is 17.1. The van der Waals surface area contributed by atoms with Crippen molar-refractivity contribution < 1.29 is 19.0 Å². The normalized spacial score (nSPS) is 14.2. The molecule has 0 aliphatic rings. The molecule has 0 bridgehead atoms. The first kappa shape index (κ1) is 36.7. The van der Waals surface area contributed by atoms with Gasteiger partial charge in [-0.25, -0.2) is 4.39 Å². The van der Waals surface area contributed by atoms with Crippen LogP contribution in [0.25, 0.3) is 5.57 Å². The fourth-order valence-corrected chi connectivity index (χ4v) is 9.41. The van der Waals surface area contributed by atoms with Crippen LogP contribution in [0.15, 0.2) is 64.2 Å². The van der Waals surface area contributed by atoms with Crippen LogP contribution in [0.3, 0.4) is 0 Å². The predicted octanol–water partition coefficient (Wildman–Crippen LogP) is 9.46. The Labute approximate surface area is 264 Å². The second-order valence-electron chi connectivity index (χ2n) is 11.4. The molecule has 9 heteroatoms. The molecule has 0 aliphatic heterocycles. The van der Waals surface area contributed by atoms with Gasteiger partial charge in [0.15, 0.2) is 5.78 Å². The molecule has 0 fully saturated rings. The number of aryl methyl sites for hydroxylation is 2. The van der Waals surface area contributed by atoms with E-state index < -0.39 is 9.25 Å². The van der Waals surface area contributed by atoms with Gasteiger partial charge >= 0.3 is 0 Å². The van der Waals surface area contributed by atoms with Gasteiger partial charge in [-0.2, -0.15) is 0 Å². The summed E-state index contributed by atoms with van der Waals surface area (Å²) in [6.07, 6.45) is 8.92. The summed E-state index contributed by atoms with van der Waals surface area (Å²) in [5.41, 5.74) is 5.61. The molecule has 43 heavy (non-hydrogen) atoms. The average Bonchev–Trinajstić information content (AvgIpc) is 2.95. The number of Topliss-reactive ketones (excluding diaryl/α,β-unsaturated/α-hetero) is 1. The number of nitrogens with two attached hydrogens (primary N) is 1. The molecule has 0 radical (unpaired) electrons. The smallest absolute Gasteiger partial charge is 0.220 e. The summed E-state index contributed by atoms with van der Waals surface area (Å²) in [4.78, 5) is 15.7. The molecule has 0 aromatic heterocycles. The fourth-order valence-electron chi connectivity index (χ4n) is 4.69. The molecule has 5 nitrogen and oxygen atoms in total. The number of carbonyl (C=O) groups excluding carboxylic acids is 1. The SMILES string of the molecule is CCC/C(=C\C(=C(C)C)/C(=C\N(C)CO)c1cc(S(C)(N)SB(C)CC)ccc1Oc1c(C)cc(F)cc1C)C(=O)CC. The molecule has 1 atom stereocenters. The van der Waals surface area contributed by atoms with Crippen molar-refractivity contribution in [2.75, 3.05) is 20.0 Å². The van der Waals surface area contributed by atoms with Crippen molar-refractivity contribution in [3.8, 4) is 11.5 Å². The maximum atomic E-state index is 14.2. The average molecular weight is 629 g/mol. The molecule has 0 aliphatic carbocycles. The number of carbonyl (C=O) groups is 1. The molecule has 0 amide bonds. The van der Waals surface area contributed by atoms with Gasteiger partial charge in [0.25, 0.3) is 0 Å². The third-order valence-electron chi connectivity index (χ3n) is 7.20. The Balaban J connectivity index is 2.99. The maximum Gasteiger partial charge on any atom is 0.220 e. The summed E-state index contributed by atoms with van der Waals surface area (Å²) in [6.45, 7) is 15.8. The fraction of sp³-hybridized carbons (Fsp3) is 0.441. The quantitative estimate of drug-likeness (QED) is 0.0673. The molecule has 0 saturated carbocycles.